The van der Waals surface area contributed by atoms with Gasteiger partial charge in [-0.25, -0.2) is 14.6 Å². The van der Waals surface area contributed by atoms with Crippen molar-refractivity contribution in [2.24, 2.45) is 0 Å². The van der Waals surface area contributed by atoms with Crippen LogP contribution in [0.1, 0.15) is 0 Å². The molecule has 29 heavy (non-hydrogen) atoms. The van der Waals surface area contributed by atoms with Gasteiger partial charge < -0.3 is 9.64 Å². The average molecular weight is 404 g/mol. The van der Waals surface area contributed by atoms with E-state index in [0.29, 0.717) is 0 Å². The van der Waals surface area contributed by atoms with E-state index in [1.807, 2.05) is 23.0 Å². The number of nitrogens with zero attached hydrogens (tertiary/aromatic N) is 5. The van der Waals surface area contributed by atoms with E-state index in [2.05, 4.69) is 57.6 Å². The summed E-state index contributed by atoms with van der Waals surface area (Å²) in [5, 5.41) is 4.55. The summed E-state index contributed by atoms with van der Waals surface area (Å²) >= 11 is 1.71. The summed E-state index contributed by atoms with van der Waals surface area (Å²) in [4.78, 5) is 12.9. The standard InChI is InChI=1S/C22H21N5OS/c1-29-19-4-2-3-16(13-19)22-23-15-21-20(25-22)14-24-27(21)18-7-5-17(6-8-18)26-9-11-28-12-10-26/h2-8,13-15H,9-12H2,1H3. The lowest BCUT2D eigenvalue weighted by molar-refractivity contribution is 0.122. The zero-order valence-corrected chi connectivity index (χ0v) is 17.0. The smallest absolute Gasteiger partial charge is 0.160 e. The van der Waals surface area contributed by atoms with Gasteiger partial charge >= 0.3 is 0 Å². The molecule has 0 atom stereocenters. The molecule has 2 aromatic carbocycles. The predicted octanol–water partition coefficient (Wildman–Crippen LogP) is 4.04. The van der Waals surface area contributed by atoms with Crippen LogP contribution in [-0.4, -0.2) is 52.3 Å². The summed E-state index contributed by atoms with van der Waals surface area (Å²) in [6.45, 7) is 3.42. The maximum atomic E-state index is 5.44. The lowest BCUT2D eigenvalue weighted by atomic mass is 10.2. The number of rotatable bonds is 4. The largest absolute Gasteiger partial charge is 0.378 e. The van der Waals surface area contributed by atoms with Gasteiger partial charge in [0.2, 0.25) is 0 Å². The van der Waals surface area contributed by atoms with E-state index in [-0.39, 0.29) is 0 Å². The Balaban J connectivity index is 1.45. The number of anilines is 1. The minimum absolute atomic E-state index is 0.718. The fourth-order valence-electron chi connectivity index (χ4n) is 3.55. The molecule has 1 saturated heterocycles. The van der Waals surface area contributed by atoms with Crippen LogP contribution in [0.4, 0.5) is 5.69 Å². The number of hydrogen-bond acceptors (Lipinski definition) is 6. The molecule has 1 aliphatic heterocycles. The molecule has 0 spiro atoms. The quantitative estimate of drug-likeness (QED) is 0.480. The van der Waals surface area contributed by atoms with Crippen molar-refractivity contribution in [2.45, 2.75) is 4.90 Å². The second kappa shape index (κ2) is 7.85. The van der Waals surface area contributed by atoms with Crippen LogP contribution in [0, 0.1) is 0 Å². The monoisotopic (exact) mass is 403 g/mol. The molecule has 2 aromatic heterocycles. The Bertz CT molecular complexity index is 1140. The van der Waals surface area contributed by atoms with Crippen LogP contribution >= 0.6 is 11.8 Å². The summed E-state index contributed by atoms with van der Waals surface area (Å²) in [7, 11) is 0. The molecule has 0 saturated carbocycles. The van der Waals surface area contributed by atoms with E-state index in [0.717, 1.165) is 54.4 Å². The first kappa shape index (κ1) is 18.1. The molecule has 146 valence electrons. The number of aromatic nitrogens is 4. The van der Waals surface area contributed by atoms with E-state index in [1.54, 1.807) is 18.0 Å². The van der Waals surface area contributed by atoms with Crippen molar-refractivity contribution in [1.29, 1.82) is 0 Å². The normalized spacial score (nSPS) is 14.4. The molecule has 3 heterocycles. The van der Waals surface area contributed by atoms with Crippen molar-refractivity contribution in [3.63, 3.8) is 0 Å². The highest BCUT2D eigenvalue weighted by atomic mass is 32.2. The van der Waals surface area contributed by atoms with Crippen LogP contribution in [0.2, 0.25) is 0 Å². The number of hydrogen-bond donors (Lipinski definition) is 0. The van der Waals surface area contributed by atoms with E-state index >= 15 is 0 Å². The van der Waals surface area contributed by atoms with Crippen LogP contribution in [0.25, 0.3) is 28.1 Å². The minimum Gasteiger partial charge on any atom is -0.378 e. The van der Waals surface area contributed by atoms with Gasteiger partial charge in [0, 0.05) is 29.2 Å². The number of benzene rings is 2. The van der Waals surface area contributed by atoms with Crippen LogP contribution in [-0.2, 0) is 4.74 Å². The molecule has 5 rings (SSSR count). The first-order valence-electron chi connectivity index (χ1n) is 9.60. The van der Waals surface area contributed by atoms with E-state index in [4.69, 9.17) is 9.72 Å². The third-order valence-corrected chi connectivity index (χ3v) is 5.85. The molecule has 0 unspecified atom stereocenters. The van der Waals surface area contributed by atoms with Crippen LogP contribution in [0.3, 0.4) is 0 Å². The highest BCUT2D eigenvalue weighted by molar-refractivity contribution is 7.98. The molecule has 0 radical (unpaired) electrons. The Morgan fingerprint density at radius 1 is 0.966 bits per heavy atom. The van der Waals surface area contributed by atoms with E-state index in [9.17, 15) is 0 Å². The lowest BCUT2D eigenvalue weighted by Gasteiger charge is -2.28. The Kier molecular flexibility index (Phi) is 4.91. The molecule has 4 aromatic rings. The van der Waals surface area contributed by atoms with Gasteiger partial charge in [-0.15, -0.1) is 11.8 Å². The highest BCUT2D eigenvalue weighted by Gasteiger charge is 2.13. The minimum atomic E-state index is 0.718. The highest BCUT2D eigenvalue weighted by Crippen LogP contribution is 2.25. The first-order valence-corrected chi connectivity index (χ1v) is 10.8. The zero-order valence-electron chi connectivity index (χ0n) is 16.2. The first-order chi connectivity index (χ1) is 14.3. The van der Waals surface area contributed by atoms with Gasteiger partial charge in [-0.3, -0.25) is 0 Å². The molecule has 6 nitrogen and oxygen atoms in total. The summed E-state index contributed by atoms with van der Waals surface area (Å²) in [5.74, 6) is 0.718. The second-order valence-corrected chi connectivity index (χ2v) is 7.75. The molecule has 1 fully saturated rings. The van der Waals surface area contributed by atoms with Crippen molar-refractivity contribution >= 4 is 28.5 Å². The number of morpholine rings is 1. The summed E-state index contributed by atoms with van der Waals surface area (Å²) in [6, 6.07) is 16.7. The Morgan fingerprint density at radius 2 is 1.76 bits per heavy atom. The van der Waals surface area contributed by atoms with Gasteiger partial charge in [-0.2, -0.15) is 5.10 Å². The summed E-state index contributed by atoms with van der Waals surface area (Å²) < 4.78 is 7.33. The number of ether oxygens (including phenoxy) is 1. The van der Waals surface area contributed by atoms with E-state index in [1.165, 1.54) is 10.6 Å². The van der Waals surface area contributed by atoms with Gasteiger partial charge in [-0.1, -0.05) is 12.1 Å². The van der Waals surface area contributed by atoms with Crippen molar-refractivity contribution in [3.05, 3.63) is 60.9 Å². The molecular formula is C22H21N5OS. The summed E-state index contributed by atoms with van der Waals surface area (Å²) in [5.41, 5.74) is 4.95. The molecule has 0 aliphatic carbocycles. The van der Waals surface area contributed by atoms with Gasteiger partial charge in [0.15, 0.2) is 5.82 Å². The average Bonchev–Trinajstić information content (AvgIpc) is 3.23. The van der Waals surface area contributed by atoms with Crippen molar-refractivity contribution < 1.29 is 4.74 Å². The van der Waals surface area contributed by atoms with Gasteiger partial charge in [0.1, 0.15) is 11.0 Å². The molecule has 0 bridgehead atoms. The fourth-order valence-corrected chi connectivity index (χ4v) is 4.01. The van der Waals surface area contributed by atoms with Crippen molar-refractivity contribution in [3.8, 4) is 17.1 Å². The predicted molar refractivity (Wildman–Crippen MR) is 117 cm³/mol. The van der Waals surface area contributed by atoms with Crippen LogP contribution in [0.5, 0.6) is 0 Å². The molecule has 0 N–H and O–H groups in total. The maximum Gasteiger partial charge on any atom is 0.160 e. The lowest BCUT2D eigenvalue weighted by Crippen LogP contribution is -2.36. The Hall–Kier alpha value is -2.90. The zero-order chi connectivity index (χ0) is 19.6. The van der Waals surface area contributed by atoms with Gasteiger partial charge in [0.25, 0.3) is 0 Å². The number of fused-ring (bicyclic) bond motifs is 1. The molecule has 1 aliphatic rings. The SMILES string of the molecule is CSc1cccc(-c2ncc3c(cnn3-c3ccc(N4CCOCC4)cc3)n2)c1. The Morgan fingerprint density at radius 3 is 2.55 bits per heavy atom. The fraction of sp³-hybridized carbons (Fsp3) is 0.227. The van der Waals surface area contributed by atoms with Crippen molar-refractivity contribution in [2.75, 3.05) is 37.5 Å². The summed E-state index contributed by atoms with van der Waals surface area (Å²) in [6.07, 6.45) is 5.72. The molecular weight excluding hydrogens is 382 g/mol. The van der Waals surface area contributed by atoms with E-state index < -0.39 is 0 Å². The Labute approximate surface area is 173 Å². The topological polar surface area (TPSA) is 56.1 Å². The number of thioether (sulfide) groups is 1. The van der Waals surface area contributed by atoms with Crippen LogP contribution in [0.15, 0.2) is 65.8 Å². The van der Waals surface area contributed by atoms with Gasteiger partial charge in [0.05, 0.1) is 31.3 Å². The van der Waals surface area contributed by atoms with Crippen LogP contribution < -0.4 is 4.90 Å². The third-order valence-electron chi connectivity index (χ3n) is 5.12. The second-order valence-electron chi connectivity index (χ2n) is 6.87. The maximum absolute atomic E-state index is 5.44. The molecule has 7 heteroatoms. The third kappa shape index (κ3) is 3.59. The molecule has 0 amide bonds. The van der Waals surface area contributed by atoms with Gasteiger partial charge in [-0.05, 0) is 42.7 Å². The van der Waals surface area contributed by atoms with Crippen molar-refractivity contribution in [1.82, 2.24) is 19.7 Å².